The zero-order valence-electron chi connectivity index (χ0n) is 11.7. The predicted octanol–water partition coefficient (Wildman–Crippen LogP) is 2.58. The van der Waals surface area contributed by atoms with Gasteiger partial charge in [0.1, 0.15) is 5.69 Å². The Bertz CT molecular complexity index is 581. The van der Waals surface area contributed by atoms with E-state index < -0.39 is 22.7 Å². The number of nitrogens with zero attached hydrogens (tertiary/aromatic N) is 2. The van der Waals surface area contributed by atoms with Crippen molar-refractivity contribution < 1.29 is 18.0 Å². The number of rotatable bonds is 2. The molecule has 0 aliphatic carbocycles. The number of piperidine rings is 1. The van der Waals surface area contributed by atoms with Crippen LogP contribution in [0.25, 0.3) is 0 Å². The average Bonchev–Trinajstić information content (AvgIpc) is 2.76. The zero-order valence-corrected chi connectivity index (χ0v) is 12.4. The highest BCUT2D eigenvalue weighted by molar-refractivity contribution is 6.31. The largest absolute Gasteiger partial charge is 0.419 e. The van der Waals surface area contributed by atoms with Gasteiger partial charge in [0.25, 0.3) is 5.91 Å². The van der Waals surface area contributed by atoms with Crippen molar-refractivity contribution in [1.82, 2.24) is 15.2 Å². The van der Waals surface area contributed by atoms with E-state index in [9.17, 15) is 18.0 Å². The lowest BCUT2D eigenvalue weighted by Crippen LogP contribution is -2.47. The number of hydrogen-bond acceptors (Lipinski definition) is 3. The second-order valence-corrected chi connectivity index (χ2v) is 6.27. The number of nitrogens with one attached hydrogen (secondary N) is 1. The monoisotopic (exact) mass is 333 g/mol. The van der Waals surface area contributed by atoms with Crippen LogP contribution in [0, 0.1) is 5.92 Å². The van der Waals surface area contributed by atoms with Crippen LogP contribution in [0.15, 0.2) is 12.3 Å². The van der Waals surface area contributed by atoms with Gasteiger partial charge in [0, 0.05) is 25.3 Å². The Balaban J connectivity index is 1.69. The molecule has 120 valence electrons. The highest BCUT2D eigenvalue weighted by atomic mass is 35.5. The molecule has 0 spiro atoms. The van der Waals surface area contributed by atoms with Crippen molar-refractivity contribution in [2.75, 3.05) is 19.6 Å². The normalized spacial score (nSPS) is 27.7. The molecule has 0 saturated carbocycles. The molecule has 1 aromatic heterocycles. The van der Waals surface area contributed by atoms with Crippen molar-refractivity contribution in [3.05, 3.63) is 28.5 Å². The highest BCUT2D eigenvalue weighted by Gasteiger charge is 2.35. The Morgan fingerprint density at radius 1 is 1.41 bits per heavy atom. The summed E-state index contributed by atoms with van der Waals surface area (Å²) in [6, 6.07) is 0.980. The fourth-order valence-electron chi connectivity index (χ4n) is 3.19. The third kappa shape index (κ3) is 3.20. The van der Waals surface area contributed by atoms with Crippen molar-refractivity contribution in [3.63, 3.8) is 0 Å². The Hall–Kier alpha value is -1.34. The van der Waals surface area contributed by atoms with Gasteiger partial charge in [-0.05, 0) is 31.4 Å². The van der Waals surface area contributed by atoms with Crippen molar-refractivity contribution in [1.29, 1.82) is 0 Å². The van der Waals surface area contributed by atoms with Crippen LogP contribution in [-0.4, -0.2) is 41.5 Å². The number of fused-ring (bicyclic) bond motifs is 2. The molecular weight excluding hydrogens is 319 g/mol. The summed E-state index contributed by atoms with van der Waals surface area (Å²) in [5, 5.41) is 2.32. The van der Waals surface area contributed by atoms with Gasteiger partial charge in [-0.1, -0.05) is 11.6 Å². The Kier molecular flexibility index (Phi) is 4.03. The van der Waals surface area contributed by atoms with E-state index in [4.69, 9.17) is 11.6 Å². The van der Waals surface area contributed by atoms with E-state index in [1.807, 2.05) is 0 Å². The summed E-state index contributed by atoms with van der Waals surface area (Å²) in [6.45, 7) is 2.88. The fraction of sp³-hybridized carbons (Fsp3) is 0.571. The minimum absolute atomic E-state index is 0.0108. The van der Waals surface area contributed by atoms with E-state index in [1.54, 1.807) is 0 Å². The minimum atomic E-state index is -4.57. The van der Waals surface area contributed by atoms with Gasteiger partial charge in [-0.15, -0.1) is 0 Å². The van der Waals surface area contributed by atoms with E-state index in [0.717, 1.165) is 38.5 Å². The molecule has 3 heterocycles. The molecule has 8 heteroatoms. The summed E-state index contributed by atoms with van der Waals surface area (Å²) in [5.41, 5.74) is -1.13. The van der Waals surface area contributed by atoms with E-state index in [1.165, 1.54) is 0 Å². The van der Waals surface area contributed by atoms with Crippen LogP contribution in [0.4, 0.5) is 13.2 Å². The molecule has 2 bridgehead atoms. The van der Waals surface area contributed by atoms with Crippen molar-refractivity contribution in [2.45, 2.75) is 25.1 Å². The molecule has 0 radical (unpaired) electrons. The van der Waals surface area contributed by atoms with E-state index in [2.05, 4.69) is 15.2 Å². The lowest BCUT2D eigenvalue weighted by Gasteiger charge is -2.30. The summed E-state index contributed by atoms with van der Waals surface area (Å²) in [7, 11) is 0. The summed E-state index contributed by atoms with van der Waals surface area (Å²) in [4.78, 5) is 18.0. The molecule has 4 nitrogen and oxygen atoms in total. The van der Waals surface area contributed by atoms with Gasteiger partial charge in [-0.25, -0.2) is 0 Å². The number of pyridine rings is 1. The summed E-state index contributed by atoms with van der Waals surface area (Å²) < 4.78 is 37.9. The molecule has 1 N–H and O–H groups in total. The van der Waals surface area contributed by atoms with Crippen molar-refractivity contribution >= 4 is 17.5 Å². The molecule has 2 aliphatic heterocycles. The number of carbonyl (C=O) groups is 1. The summed E-state index contributed by atoms with van der Waals surface area (Å²) >= 11 is 5.61. The minimum Gasteiger partial charge on any atom is -0.347 e. The highest BCUT2D eigenvalue weighted by Crippen LogP contribution is 2.34. The van der Waals surface area contributed by atoms with Crippen molar-refractivity contribution in [2.24, 2.45) is 5.92 Å². The third-order valence-corrected chi connectivity index (χ3v) is 4.51. The van der Waals surface area contributed by atoms with Crippen molar-refractivity contribution in [3.8, 4) is 0 Å². The third-order valence-electron chi connectivity index (χ3n) is 4.19. The molecule has 22 heavy (non-hydrogen) atoms. The lowest BCUT2D eigenvalue weighted by molar-refractivity contribution is -0.137. The van der Waals surface area contributed by atoms with Gasteiger partial charge >= 0.3 is 6.18 Å². The number of alkyl halides is 3. The number of amides is 1. The lowest BCUT2D eigenvalue weighted by atomic mass is 9.97. The molecule has 1 unspecified atom stereocenters. The summed E-state index contributed by atoms with van der Waals surface area (Å²) in [5.74, 6) is 0.103. The topological polar surface area (TPSA) is 45.2 Å². The number of aromatic nitrogens is 1. The predicted molar refractivity (Wildman–Crippen MR) is 74.7 cm³/mol. The Morgan fingerprint density at radius 3 is 2.82 bits per heavy atom. The molecular formula is C14H15ClF3N3O. The van der Waals surface area contributed by atoms with E-state index in [-0.39, 0.29) is 11.7 Å². The molecule has 0 aromatic carbocycles. The first-order valence-corrected chi connectivity index (χ1v) is 7.46. The maximum absolute atomic E-state index is 12.6. The van der Waals surface area contributed by atoms with Crippen LogP contribution >= 0.6 is 11.6 Å². The van der Waals surface area contributed by atoms with E-state index >= 15 is 0 Å². The zero-order chi connectivity index (χ0) is 15.9. The number of carbonyl (C=O) groups excluding carboxylic acids is 1. The quantitative estimate of drug-likeness (QED) is 0.905. The molecule has 1 amide bonds. The number of halogens is 4. The van der Waals surface area contributed by atoms with Crippen LogP contribution in [-0.2, 0) is 6.18 Å². The molecule has 3 rings (SSSR count). The average molecular weight is 334 g/mol. The van der Waals surface area contributed by atoms with Crippen LogP contribution < -0.4 is 5.32 Å². The van der Waals surface area contributed by atoms with Gasteiger partial charge in [0.15, 0.2) is 0 Å². The fourth-order valence-corrected chi connectivity index (χ4v) is 3.45. The first kappa shape index (κ1) is 15.6. The number of hydrogen-bond donors (Lipinski definition) is 1. The molecule has 2 saturated heterocycles. The Morgan fingerprint density at radius 2 is 2.18 bits per heavy atom. The Labute approximate surface area is 130 Å². The maximum atomic E-state index is 12.6. The van der Waals surface area contributed by atoms with Gasteiger partial charge in [0.2, 0.25) is 0 Å². The smallest absolute Gasteiger partial charge is 0.347 e. The summed E-state index contributed by atoms with van der Waals surface area (Å²) in [6.07, 6.45) is -1.94. The molecule has 1 aromatic rings. The molecule has 2 fully saturated rings. The van der Waals surface area contributed by atoms with Gasteiger partial charge in [0.05, 0.1) is 10.6 Å². The van der Waals surface area contributed by atoms with Crippen LogP contribution in [0.3, 0.4) is 0 Å². The van der Waals surface area contributed by atoms with Crippen LogP contribution in [0.2, 0.25) is 5.02 Å². The van der Waals surface area contributed by atoms with Gasteiger partial charge in [-0.2, -0.15) is 13.2 Å². The second-order valence-electron chi connectivity index (χ2n) is 5.87. The van der Waals surface area contributed by atoms with Gasteiger partial charge < -0.3 is 10.2 Å². The molecule has 3 atom stereocenters. The maximum Gasteiger partial charge on any atom is 0.419 e. The first-order chi connectivity index (χ1) is 10.3. The van der Waals surface area contributed by atoms with E-state index in [0.29, 0.717) is 12.1 Å². The molecule has 2 aliphatic rings. The van der Waals surface area contributed by atoms with Crippen LogP contribution in [0.1, 0.15) is 28.9 Å². The van der Waals surface area contributed by atoms with Crippen LogP contribution in [0.5, 0.6) is 0 Å². The standard InChI is InChI=1S/C14H15ClF3N3O/c15-11-4-12(19-5-10(11)14(16,17)18)13(22)20-9-3-8-1-2-21(6-8)7-9/h4-5,8-9H,1-3,6-7H2,(H,20,22)/t8-,9-/m1/s1. The first-order valence-electron chi connectivity index (χ1n) is 7.09. The SMILES string of the molecule is O=C(N[C@@H]1C[C@H]2CCN(C2)C1)c1cc(Cl)c(C(F)(F)F)cn1. The second kappa shape index (κ2) is 5.70. The van der Waals surface area contributed by atoms with Gasteiger partial charge in [-0.3, -0.25) is 9.78 Å².